The maximum Gasteiger partial charge on any atom is 0.191 e. The number of aliphatic hydroxyl groups excluding tert-OH is 2. The Morgan fingerprint density at radius 2 is 1.97 bits per heavy atom. The fourth-order valence-electron chi connectivity index (χ4n) is 4.65. The summed E-state index contributed by atoms with van der Waals surface area (Å²) in [7, 11) is 0. The fraction of sp³-hybridized carbons (Fsp3) is 0.522. The van der Waals surface area contributed by atoms with Crippen LogP contribution >= 0.6 is 11.8 Å². The van der Waals surface area contributed by atoms with Crippen molar-refractivity contribution in [3.8, 4) is 0 Å². The van der Waals surface area contributed by atoms with Crippen LogP contribution in [0, 0.1) is 5.92 Å². The zero-order valence-corrected chi connectivity index (χ0v) is 19.4. The Hall–Kier alpha value is -2.56. The molecule has 0 radical (unpaired) electrons. The molecule has 2 aliphatic rings. The van der Waals surface area contributed by atoms with Crippen LogP contribution in [0.1, 0.15) is 50.6 Å². The van der Waals surface area contributed by atoms with E-state index in [9.17, 15) is 15.0 Å². The van der Waals surface area contributed by atoms with Gasteiger partial charge in [0, 0.05) is 23.6 Å². The lowest BCUT2D eigenvalue weighted by Gasteiger charge is -2.17. The van der Waals surface area contributed by atoms with Crippen LogP contribution in [0.4, 0.5) is 5.82 Å². The molecule has 3 aromatic rings. The maximum atomic E-state index is 11.9. The number of hydrogen-bond acceptors (Lipinski definition) is 9. The number of aromatic nitrogens is 5. The number of aliphatic hydroxyl groups is 2. The molecule has 33 heavy (non-hydrogen) atoms. The van der Waals surface area contributed by atoms with E-state index in [2.05, 4.69) is 39.7 Å². The van der Waals surface area contributed by atoms with Crippen molar-refractivity contribution in [2.75, 3.05) is 11.1 Å². The summed E-state index contributed by atoms with van der Waals surface area (Å²) in [6.45, 7) is 3.54. The molecule has 10 heteroatoms. The number of benzene rings is 1. The molecule has 2 unspecified atom stereocenters. The van der Waals surface area contributed by atoms with E-state index in [0.29, 0.717) is 34.5 Å². The minimum absolute atomic E-state index is 0.148. The minimum Gasteiger partial charge on any atom is -0.390 e. The van der Waals surface area contributed by atoms with Crippen LogP contribution in [-0.2, 0) is 4.79 Å². The van der Waals surface area contributed by atoms with Crippen molar-refractivity contribution in [3.63, 3.8) is 0 Å². The maximum absolute atomic E-state index is 11.9. The Bertz CT molecular complexity index is 1160. The highest BCUT2D eigenvalue weighted by Gasteiger charge is 2.46. The van der Waals surface area contributed by atoms with Crippen LogP contribution in [-0.4, -0.2) is 65.0 Å². The van der Waals surface area contributed by atoms with E-state index < -0.39 is 24.2 Å². The van der Waals surface area contributed by atoms with Crippen molar-refractivity contribution in [2.45, 2.75) is 68.5 Å². The number of thioether (sulfide) groups is 1. The van der Waals surface area contributed by atoms with E-state index in [1.807, 2.05) is 18.2 Å². The van der Waals surface area contributed by atoms with Gasteiger partial charge in [-0.25, -0.2) is 14.6 Å². The van der Waals surface area contributed by atoms with Crippen molar-refractivity contribution in [1.82, 2.24) is 25.0 Å². The molecule has 3 N–H and O–H groups in total. The fourth-order valence-corrected chi connectivity index (χ4v) is 5.34. The summed E-state index contributed by atoms with van der Waals surface area (Å²) in [6, 6.07) is 10.1. The third kappa shape index (κ3) is 4.22. The lowest BCUT2D eigenvalue weighted by Crippen LogP contribution is -2.31. The van der Waals surface area contributed by atoms with Crippen LogP contribution in [0.15, 0.2) is 35.5 Å². The summed E-state index contributed by atoms with van der Waals surface area (Å²) in [5, 5.41) is 33.8. The molecule has 0 bridgehead atoms. The highest BCUT2D eigenvalue weighted by molar-refractivity contribution is 7.99. The van der Waals surface area contributed by atoms with Crippen molar-refractivity contribution in [1.29, 1.82) is 0 Å². The standard InChI is InChI=1S/C23H28N6O3S/c1-3-9-33-23-25-21(24-16-10-15(16)13-7-5-4-6-8-13)18-22(26-23)29(28-27-18)17-11-14(12(2)30)19(31)20(17)32/h4-8,14-17,19-20,31-32H,3,9-11H2,1-2H3,(H,24,25,26)/t14-,15?,16?,17-,19-,20+/m1/s1. The largest absolute Gasteiger partial charge is 0.390 e. The number of nitrogens with one attached hydrogen (secondary N) is 1. The average molecular weight is 469 g/mol. The smallest absolute Gasteiger partial charge is 0.191 e. The molecule has 5 rings (SSSR count). The van der Waals surface area contributed by atoms with E-state index in [1.54, 1.807) is 16.4 Å². The van der Waals surface area contributed by atoms with Crippen molar-refractivity contribution in [3.05, 3.63) is 35.9 Å². The Kier molecular flexibility index (Phi) is 6.07. The second-order valence-corrected chi connectivity index (χ2v) is 9.98. The Balaban J connectivity index is 1.47. The third-order valence-corrected chi connectivity index (χ3v) is 7.62. The van der Waals surface area contributed by atoms with E-state index in [-0.39, 0.29) is 11.8 Å². The average Bonchev–Trinajstić information content (AvgIpc) is 3.35. The van der Waals surface area contributed by atoms with Gasteiger partial charge in [0.2, 0.25) is 0 Å². The van der Waals surface area contributed by atoms with Crippen molar-refractivity contribution in [2.24, 2.45) is 5.92 Å². The van der Waals surface area contributed by atoms with Crippen LogP contribution in [0.2, 0.25) is 0 Å². The number of carbonyl (C=O) groups is 1. The number of rotatable bonds is 8. The molecule has 2 heterocycles. The number of hydrogen-bond donors (Lipinski definition) is 3. The molecule has 0 spiro atoms. The van der Waals surface area contributed by atoms with E-state index in [1.165, 1.54) is 12.5 Å². The van der Waals surface area contributed by atoms with Gasteiger partial charge in [-0.3, -0.25) is 4.79 Å². The summed E-state index contributed by atoms with van der Waals surface area (Å²) in [6.07, 6.45) is 0.0401. The highest BCUT2D eigenvalue weighted by Crippen LogP contribution is 2.43. The molecule has 0 aliphatic heterocycles. The van der Waals surface area contributed by atoms with Gasteiger partial charge in [-0.1, -0.05) is 54.2 Å². The van der Waals surface area contributed by atoms with Gasteiger partial charge in [-0.2, -0.15) is 0 Å². The molecule has 6 atom stereocenters. The zero-order chi connectivity index (χ0) is 23.1. The number of fused-ring (bicyclic) bond motifs is 1. The van der Waals surface area contributed by atoms with Gasteiger partial charge < -0.3 is 15.5 Å². The van der Waals surface area contributed by atoms with E-state index >= 15 is 0 Å². The third-order valence-electron chi connectivity index (χ3n) is 6.57. The molecule has 9 nitrogen and oxygen atoms in total. The molecule has 2 fully saturated rings. The van der Waals surface area contributed by atoms with Crippen LogP contribution < -0.4 is 5.32 Å². The summed E-state index contributed by atoms with van der Waals surface area (Å²) in [5.74, 6) is 1.14. The minimum atomic E-state index is -1.13. The summed E-state index contributed by atoms with van der Waals surface area (Å²) in [4.78, 5) is 21.3. The molecule has 2 saturated carbocycles. The normalized spacial score (nSPS) is 28.8. The first-order valence-electron chi connectivity index (χ1n) is 11.4. The van der Waals surface area contributed by atoms with E-state index in [4.69, 9.17) is 4.98 Å². The topological polar surface area (TPSA) is 126 Å². The molecule has 1 aromatic carbocycles. The molecule has 2 aliphatic carbocycles. The number of Topliss-reactive ketones (excluding diaryl/α,β-unsaturated/α-hetero) is 1. The molecule has 0 amide bonds. The predicted octanol–water partition coefficient (Wildman–Crippen LogP) is 2.56. The predicted molar refractivity (Wildman–Crippen MR) is 125 cm³/mol. The monoisotopic (exact) mass is 468 g/mol. The second-order valence-electron chi connectivity index (χ2n) is 8.91. The Morgan fingerprint density at radius 1 is 1.18 bits per heavy atom. The number of ketones is 1. The van der Waals surface area contributed by atoms with Gasteiger partial charge in [-0.15, -0.1) is 5.10 Å². The lowest BCUT2D eigenvalue weighted by molar-refractivity contribution is -0.124. The Labute approximate surface area is 196 Å². The van der Waals surface area contributed by atoms with Crippen molar-refractivity contribution < 1.29 is 15.0 Å². The lowest BCUT2D eigenvalue weighted by atomic mass is 10.0. The number of carbonyl (C=O) groups excluding carboxylic acids is 1. The molecule has 0 saturated heterocycles. The van der Waals surface area contributed by atoms with Gasteiger partial charge in [0.1, 0.15) is 11.9 Å². The Morgan fingerprint density at radius 3 is 2.67 bits per heavy atom. The first-order chi connectivity index (χ1) is 16.0. The van der Waals surface area contributed by atoms with Gasteiger partial charge in [0.25, 0.3) is 0 Å². The van der Waals surface area contributed by atoms with Gasteiger partial charge in [-0.05, 0) is 31.7 Å². The number of anilines is 1. The van der Waals surface area contributed by atoms with Gasteiger partial charge >= 0.3 is 0 Å². The number of nitrogens with zero attached hydrogens (tertiary/aromatic N) is 5. The second kappa shape index (κ2) is 9.00. The first-order valence-corrected chi connectivity index (χ1v) is 12.4. The SMILES string of the molecule is CCCSc1nc(NC2CC2c2ccccc2)c2nnn([C@@H]3C[C@H](C(C)=O)[C@@H](O)[C@H]3O)c2n1. The quantitative estimate of drug-likeness (QED) is 0.338. The molecular formula is C23H28N6O3S. The van der Waals surface area contributed by atoms with Crippen LogP contribution in [0.5, 0.6) is 0 Å². The highest BCUT2D eigenvalue weighted by atomic mass is 32.2. The zero-order valence-electron chi connectivity index (χ0n) is 18.6. The van der Waals surface area contributed by atoms with E-state index in [0.717, 1.165) is 18.6 Å². The summed E-state index contributed by atoms with van der Waals surface area (Å²) < 4.78 is 1.55. The van der Waals surface area contributed by atoms with Crippen LogP contribution in [0.3, 0.4) is 0 Å². The van der Waals surface area contributed by atoms with Crippen LogP contribution in [0.25, 0.3) is 11.2 Å². The summed E-state index contributed by atoms with van der Waals surface area (Å²) in [5.41, 5.74) is 2.33. The molecule has 2 aromatic heterocycles. The van der Waals surface area contributed by atoms with Gasteiger partial charge in [0.15, 0.2) is 22.1 Å². The summed E-state index contributed by atoms with van der Waals surface area (Å²) >= 11 is 1.56. The van der Waals surface area contributed by atoms with Crippen molar-refractivity contribution >= 4 is 34.5 Å². The molecule has 174 valence electrons. The molecular weight excluding hydrogens is 440 g/mol. The first kappa shape index (κ1) is 22.2. The van der Waals surface area contributed by atoms with Gasteiger partial charge in [0.05, 0.1) is 12.1 Å².